The molecule has 0 saturated heterocycles. The van der Waals surface area contributed by atoms with E-state index in [0.717, 1.165) is 17.8 Å². The summed E-state index contributed by atoms with van der Waals surface area (Å²) in [5.74, 6) is -0.663. The van der Waals surface area contributed by atoms with Crippen molar-refractivity contribution in [2.45, 2.75) is 13.3 Å². The molecule has 0 unspecified atom stereocenters. The lowest BCUT2D eigenvalue weighted by atomic mass is 10.1. The second kappa shape index (κ2) is 12.7. The van der Waals surface area contributed by atoms with E-state index in [-0.39, 0.29) is 28.4 Å². The number of hydrogen-bond donors (Lipinski definition) is 3. The van der Waals surface area contributed by atoms with E-state index >= 15 is 0 Å². The summed E-state index contributed by atoms with van der Waals surface area (Å²) in [5, 5.41) is 23.2. The first-order chi connectivity index (χ1) is 19.3. The summed E-state index contributed by atoms with van der Waals surface area (Å²) < 4.78 is 0. The number of imide groups is 1. The Hall–Kier alpha value is -5.24. The van der Waals surface area contributed by atoms with Gasteiger partial charge in [0.05, 0.1) is 43.4 Å². The maximum Gasteiger partial charge on any atom is 0.300 e. The third-order valence-corrected chi connectivity index (χ3v) is 6.35. The van der Waals surface area contributed by atoms with Gasteiger partial charge in [-0.3, -0.25) is 39.5 Å². The van der Waals surface area contributed by atoms with Gasteiger partial charge in [-0.05, 0) is 36.8 Å². The molecule has 0 fully saturated rings. The summed E-state index contributed by atoms with van der Waals surface area (Å²) in [4.78, 5) is 58.4. The number of benzene rings is 3. The predicted molar refractivity (Wildman–Crippen MR) is 154 cm³/mol. The molecule has 15 heteroatoms. The highest BCUT2D eigenvalue weighted by Gasteiger charge is 2.34. The average Bonchev–Trinajstić information content (AvgIpc) is 3.16. The van der Waals surface area contributed by atoms with Gasteiger partial charge in [-0.1, -0.05) is 23.7 Å². The number of rotatable bonds is 8. The van der Waals surface area contributed by atoms with Crippen molar-refractivity contribution < 1.29 is 24.2 Å². The van der Waals surface area contributed by atoms with Crippen LogP contribution in [0.3, 0.4) is 0 Å². The molecule has 0 saturated carbocycles. The summed E-state index contributed by atoms with van der Waals surface area (Å²) in [6.07, 6.45) is 0.627. The normalized spacial score (nSPS) is 11.8. The van der Waals surface area contributed by atoms with Gasteiger partial charge < -0.3 is 21.7 Å². The summed E-state index contributed by atoms with van der Waals surface area (Å²) in [5.41, 5.74) is 12.7. The number of nitrogens with one attached hydrogen (secondary N) is 1. The standard InChI is InChI=1S/C20H22N4O3.C6H4ClN3O4/c1-13(25)22-18-12-14(8-9-17(18)21)23(2)10-5-11-24-19(26)15-6-3-4-7-16(15)20(24)27;7-4-1-3(9(11)12)2-5(6(4)8)10(13)14/h3-4,6-9,12H,5,10-11,21H2,1-2H3,(H,22,25);1-2H,8H2. The molecule has 3 aromatic carbocycles. The molecule has 4 rings (SSSR count). The van der Waals surface area contributed by atoms with Crippen LogP contribution in [-0.4, -0.2) is 52.6 Å². The highest BCUT2D eigenvalue weighted by atomic mass is 35.5. The molecule has 1 aliphatic heterocycles. The van der Waals surface area contributed by atoms with E-state index in [1.54, 1.807) is 36.4 Å². The molecule has 14 nitrogen and oxygen atoms in total. The molecule has 3 aromatic rings. The van der Waals surface area contributed by atoms with Crippen molar-refractivity contribution in [3.8, 4) is 0 Å². The van der Waals surface area contributed by atoms with Crippen LogP contribution in [0.4, 0.5) is 34.1 Å². The third-order valence-electron chi connectivity index (χ3n) is 6.04. The SMILES string of the molecule is CC(=O)Nc1cc(N(C)CCCN2C(=O)c3ccccc3C2=O)ccc1N.Nc1c(Cl)cc([N+](=O)[O-])cc1[N+](=O)[O-]. The Morgan fingerprint density at radius 3 is 2.15 bits per heavy atom. The molecule has 0 aliphatic carbocycles. The molecule has 41 heavy (non-hydrogen) atoms. The van der Waals surface area contributed by atoms with Crippen LogP contribution in [0.2, 0.25) is 5.02 Å². The summed E-state index contributed by atoms with van der Waals surface area (Å²) in [7, 11) is 1.91. The van der Waals surface area contributed by atoms with Crippen LogP contribution >= 0.6 is 11.6 Å². The number of nitrogens with two attached hydrogens (primary N) is 2. The maximum absolute atomic E-state index is 12.4. The van der Waals surface area contributed by atoms with Gasteiger partial charge in [-0.15, -0.1) is 0 Å². The molecule has 5 N–H and O–H groups in total. The molecular weight excluding hydrogens is 558 g/mol. The number of carbonyl (C=O) groups is 3. The molecule has 3 amide bonds. The van der Waals surface area contributed by atoms with E-state index in [2.05, 4.69) is 5.32 Å². The molecule has 1 aliphatic rings. The zero-order valence-electron chi connectivity index (χ0n) is 22.0. The smallest absolute Gasteiger partial charge is 0.300 e. The molecule has 0 radical (unpaired) electrons. The minimum Gasteiger partial charge on any atom is -0.397 e. The number of halogens is 1. The Kier molecular flexibility index (Phi) is 9.42. The van der Waals surface area contributed by atoms with Crippen LogP contribution < -0.4 is 21.7 Å². The Morgan fingerprint density at radius 2 is 1.61 bits per heavy atom. The number of nitrogen functional groups attached to an aromatic ring is 2. The van der Waals surface area contributed by atoms with Crippen LogP contribution in [-0.2, 0) is 4.79 Å². The largest absolute Gasteiger partial charge is 0.397 e. The lowest BCUT2D eigenvalue weighted by Crippen LogP contribution is -2.33. The van der Waals surface area contributed by atoms with E-state index in [4.69, 9.17) is 23.1 Å². The van der Waals surface area contributed by atoms with Crippen molar-refractivity contribution in [1.82, 2.24) is 4.90 Å². The molecule has 0 spiro atoms. The second-order valence-corrected chi connectivity index (χ2v) is 9.32. The Bertz CT molecular complexity index is 1510. The third kappa shape index (κ3) is 7.05. The highest BCUT2D eigenvalue weighted by molar-refractivity contribution is 6.33. The number of anilines is 4. The summed E-state index contributed by atoms with van der Waals surface area (Å²) in [6.45, 7) is 2.42. The summed E-state index contributed by atoms with van der Waals surface area (Å²) >= 11 is 5.47. The Labute approximate surface area is 238 Å². The lowest BCUT2D eigenvalue weighted by Gasteiger charge is -2.22. The van der Waals surface area contributed by atoms with Gasteiger partial charge in [0.1, 0.15) is 5.69 Å². The topological polar surface area (TPSA) is 208 Å². The van der Waals surface area contributed by atoms with Crippen LogP contribution in [0.5, 0.6) is 0 Å². The van der Waals surface area contributed by atoms with Gasteiger partial charge in [0.2, 0.25) is 5.91 Å². The van der Waals surface area contributed by atoms with E-state index in [9.17, 15) is 34.6 Å². The van der Waals surface area contributed by atoms with E-state index in [1.165, 1.54) is 11.8 Å². The highest BCUT2D eigenvalue weighted by Crippen LogP contribution is 2.33. The van der Waals surface area contributed by atoms with Crippen LogP contribution in [0.25, 0.3) is 0 Å². The fraction of sp³-hybridized carbons (Fsp3) is 0.192. The first-order valence-electron chi connectivity index (χ1n) is 12.0. The molecular formula is C26H26ClN7O7. The number of amides is 3. The van der Waals surface area contributed by atoms with Crippen molar-refractivity contribution in [2.75, 3.05) is 41.8 Å². The van der Waals surface area contributed by atoms with Crippen LogP contribution in [0, 0.1) is 20.2 Å². The second-order valence-electron chi connectivity index (χ2n) is 8.91. The average molecular weight is 584 g/mol. The minimum atomic E-state index is -0.825. The van der Waals surface area contributed by atoms with E-state index in [1.807, 2.05) is 18.0 Å². The quantitative estimate of drug-likeness (QED) is 0.150. The van der Waals surface area contributed by atoms with Crippen molar-refractivity contribution in [2.24, 2.45) is 0 Å². The Morgan fingerprint density at radius 1 is 1.00 bits per heavy atom. The molecule has 0 atom stereocenters. The van der Waals surface area contributed by atoms with Crippen LogP contribution in [0.1, 0.15) is 34.1 Å². The van der Waals surface area contributed by atoms with Crippen molar-refractivity contribution in [3.63, 3.8) is 0 Å². The van der Waals surface area contributed by atoms with Gasteiger partial charge in [-0.2, -0.15) is 0 Å². The predicted octanol–water partition coefficient (Wildman–Crippen LogP) is 4.09. The number of fused-ring (bicyclic) bond motifs is 1. The minimum absolute atomic E-state index is 0.188. The fourth-order valence-corrected chi connectivity index (χ4v) is 4.17. The van der Waals surface area contributed by atoms with Gasteiger partial charge in [0, 0.05) is 38.8 Å². The zero-order valence-corrected chi connectivity index (χ0v) is 22.8. The molecule has 214 valence electrons. The Balaban J connectivity index is 0.000000278. The number of nitrogens with zero attached hydrogens (tertiary/aromatic N) is 4. The fourth-order valence-electron chi connectivity index (χ4n) is 3.96. The van der Waals surface area contributed by atoms with Crippen molar-refractivity contribution in [3.05, 3.63) is 91.0 Å². The number of carbonyl (C=O) groups excluding carboxylic acids is 3. The van der Waals surface area contributed by atoms with Gasteiger partial charge in [-0.25, -0.2) is 0 Å². The first-order valence-corrected chi connectivity index (χ1v) is 12.4. The van der Waals surface area contributed by atoms with Crippen molar-refractivity contribution >= 4 is 63.4 Å². The summed E-state index contributed by atoms with van der Waals surface area (Å²) in [6, 6.07) is 14.0. The van der Waals surface area contributed by atoms with Gasteiger partial charge >= 0.3 is 5.69 Å². The van der Waals surface area contributed by atoms with Gasteiger partial charge in [0.25, 0.3) is 17.5 Å². The lowest BCUT2D eigenvalue weighted by molar-refractivity contribution is -0.393. The van der Waals surface area contributed by atoms with Crippen molar-refractivity contribution in [1.29, 1.82) is 0 Å². The van der Waals surface area contributed by atoms with Gasteiger partial charge in [0.15, 0.2) is 0 Å². The maximum atomic E-state index is 12.4. The number of nitro benzene ring substituents is 2. The van der Waals surface area contributed by atoms with E-state index < -0.39 is 21.2 Å². The number of non-ortho nitro benzene ring substituents is 1. The molecule has 1 heterocycles. The molecule has 0 aromatic heterocycles. The van der Waals surface area contributed by atoms with Crippen LogP contribution in [0.15, 0.2) is 54.6 Å². The zero-order chi connectivity index (χ0) is 30.4. The molecule has 0 bridgehead atoms. The monoisotopic (exact) mass is 583 g/mol. The number of hydrogen-bond acceptors (Lipinski definition) is 10. The first kappa shape index (κ1) is 30.3. The number of nitro groups is 2. The van der Waals surface area contributed by atoms with E-state index in [0.29, 0.717) is 42.0 Å².